The fourth-order valence-corrected chi connectivity index (χ4v) is 0. The molecule has 0 rings (SSSR count). The smallest absolute Gasteiger partial charge is 0.0319 e. The number of thiol groups is 1. The predicted molar refractivity (Wildman–Crippen MR) is 50.0 cm³/mol. The molecule has 0 aromatic heterocycles. The zero-order valence-electron chi connectivity index (χ0n) is 6.89. The Bertz CT molecular complexity index is 15.7. The average Bonchev–Trinajstić information content (AvgIpc) is 2.03. The van der Waals surface area contributed by atoms with Crippen molar-refractivity contribution in [1.29, 1.82) is 0 Å². The lowest BCUT2D eigenvalue weighted by Gasteiger charge is -1.21. The molecule has 0 bridgehead atoms. The molecule has 0 radical (unpaired) electrons. The molecule has 0 aromatic rings. The minimum Gasteiger partial charge on any atom is -0.400 e. The van der Waals surface area contributed by atoms with Crippen molar-refractivity contribution in [2.75, 3.05) is 13.4 Å². The van der Waals surface area contributed by atoms with Gasteiger partial charge in [-0.2, -0.15) is 12.6 Å². The fraction of sp³-hybridized carbons (Fsp3) is 1.00. The highest BCUT2D eigenvalue weighted by molar-refractivity contribution is 7.79. The van der Waals surface area contributed by atoms with Gasteiger partial charge in [-0.25, -0.2) is 0 Å². The van der Waals surface area contributed by atoms with E-state index >= 15 is 0 Å². The summed E-state index contributed by atoms with van der Waals surface area (Å²) in [7, 11) is 1.00. The van der Waals surface area contributed by atoms with Crippen molar-refractivity contribution in [1.82, 2.24) is 0 Å². The predicted octanol–water partition coefficient (Wildman–Crippen LogP) is 2.70. The van der Waals surface area contributed by atoms with Crippen LogP contribution in [0.5, 0.6) is 0 Å². The average molecular weight is 148 g/mol. The Morgan fingerprint density at radius 3 is 0.875 bits per heavy atom. The van der Waals surface area contributed by atoms with Crippen molar-refractivity contribution in [3.8, 4) is 0 Å². The van der Waals surface area contributed by atoms with E-state index in [-0.39, 0.29) is 2.85 Å². The van der Waals surface area contributed by atoms with Crippen molar-refractivity contribution < 1.29 is 7.96 Å². The molecular formula is C6H24OS. The Hall–Kier alpha value is 0.310. The molecule has 0 aromatic carbocycles. The summed E-state index contributed by atoms with van der Waals surface area (Å²) in [6.07, 6.45) is 1.69. The van der Waals surface area contributed by atoms with Crippen LogP contribution in [0.25, 0.3) is 0 Å². The van der Waals surface area contributed by atoms with Gasteiger partial charge in [-0.3, -0.25) is 0 Å². The molecule has 0 fully saturated rings. The van der Waals surface area contributed by atoms with E-state index in [9.17, 15) is 0 Å². The first kappa shape index (κ1) is 23.9. The maximum Gasteiger partial charge on any atom is 0.0319 e. The highest BCUT2D eigenvalue weighted by Gasteiger charge is 0.934. The molecule has 0 amide bonds. The molecule has 0 aliphatic heterocycles. The molecule has 0 aliphatic rings. The van der Waals surface area contributed by atoms with Crippen LogP contribution in [0.4, 0.5) is 0 Å². The number of rotatable bonds is 0. The largest absolute Gasteiger partial charge is 0.400 e. The summed E-state index contributed by atoms with van der Waals surface area (Å²) in [6.45, 7) is 8.00. The Morgan fingerprint density at radius 2 is 0.875 bits per heavy atom. The number of hydrogen-bond donors (Lipinski definition) is 2. The Morgan fingerprint density at radius 1 is 0.875 bits per heavy atom. The molecule has 0 aliphatic carbocycles. The lowest BCUT2D eigenvalue weighted by Crippen LogP contribution is -1.25. The van der Waals surface area contributed by atoms with Gasteiger partial charge in [0.25, 0.3) is 0 Å². The van der Waals surface area contributed by atoms with E-state index in [1.807, 2.05) is 27.7 Å². The molecule has 0 saturated carbocycles. The monoisotopic (exact) mass is 148 g/mol. The third kappa shape index (κ3) is 1850. The molecule has 60 valence electrons. The zero-order chi connectivity index (χ0) is 8.00. The quantitative estimate of drug-likeness (QED) is 0.506. The van der Waals surface area contributed by atoms with Gasteiger partial charge in [0, 0.05) is 9.96 Å². The Kier molecular flexibility index (Phi) is 9050. The lowest BCUT2D eigenvalue weighted by molar-refractivity contribution is 0.399. The van der Waals surface area contributed by atoms with Crippen LogP contribution in [0.3, 0.4) is 0 Å². The van der Waals surface area contributed by atoms with Crippen LogP contribution in [0.15, 0.2) is 0 Å². The second-order valence-corrected chi connectivity index (χ2v) is 0. The van der Waals surface area contributed by atoms with Gasteiger partial charge in [-0.1, -0.05) is 27.7 Å². The van der Waals surface area contributed by atoms with Crippen molar-refractivity contribution >= 4 is 12.6 Å². The molecule has 0 saturated heterocycles. The summed E-state index contributed by atoms with van der Waals surface area (Å²) in [5.41, 5.74) is 0. The fourth-order valence-electron chi connectivity index (χ4n) is 0. The first-order chi connectivity index (χ1) is 4.00. The first-order valence-electron chi connectivity index (χ1n) is 2.89. The van der Waals surface area contributed by atoms with E-state index in [1.165, 1.54) is 0 Å². The van der Waals surface area contributed by atoms with Gasteiger partial charge >= 0.3 is 0 Å². The molecule has 0 heterocycles. The molecule has 0 spiro atoms. The Balaban J connectivity index is -0.00000000500. The van der Waals surface area contributed by atoms with Crippen molar-refractivity contribution in [2.45, 2.75) is 27.7 Å². The zero-order valence-corrected chi connectivity index (χ0v) is 7.79. The third-order valence-corrected chi connectivity index (χ3v) is 0. The van der Waals surface area contributed by atoms with Gasteiger partial charge in [-0.05, 0) is 6.26 Å². The number of aliphatic hydroxyl groups is 1. The molecule has 0 atom stereocenters. The van der Waals surface area contributed by atoms with E-state index in [0.29, 0.717) is 0 Å². The van der Waals surface area contributed by atoms with Crippen LogP contribution < -0.4 is 0 Å². The summed E-state index contributed by atoms with van der Waals surface area (Å²) in [4.78, 5) is 0. The van der Waals surface area contributed by atoms with Crippen LogP contribution in [-0.2, 0) is 0 Å². The number of aliphatic hydroxyl groups excluding tert-OH is 1. The molecule has 1 N–H and O–H groups in total. The van der Waals surface area contributed by atoms with Crippen LogP contribution in [-0.4, -0.2) is 18.5 Å². The highest BCUT2D eigenvalue weighted by Crippen LogP contribution is 1.31. The first-order valence-corrected chi connectivity index (χ1v) is 3.79. The Labute approximate surface area is 62.5 Å². The van der Waals surface area contributed by atoms with Crippen molar-refractivity contribution in [3.63, 3.8) is 0 Å². The van der Waals surface area contributed by atoms with E-state index in [4.69, 9.17) is 5.11 Å². The molecule has 2 heteroatoms. The highest BCUT2D eigenvalue weighted by atomic mass is 32.1. The summed E-state index contributed by atoms with van der Waals surface area (Å²) in [6, 6.07) is 0. The van der Waals surface area contributed by atoms with Gasteiger partial charge in [0.05, 0.1) is 0 Å². The van der Waals surface area contributed by atoms with Crippen LogP contribution >= 0.6 is 12.6 Å². The normalized spacial score (nSPS) is 3.00. The summed E-state index contributed by atoms with van der Waals surface area (Å²) in [5.74, 6) is 0. The van der Waals surface area contributed by atoms with Crippen LogP contribution in [0, 0.1) is 0 Å². The van der Waals surface area contributed by atoms with Gasteiger partial charge in [0.15, 0.2) is 0 Å². The van der Waals surface area contributed by atoms with E-state index in [2.05, 4.69) is 12.6 Å². The van der Waals surface area contributed by atoms with Crippen molar-refractivity contribution in [2.24, 2.45) is 0 Å². The van der Waals surface area contributed by atoms with E-state index in [0.717, 1.165) is 7.11 Å². The maximum atomic E-state index is 7.00. The minimum absolute atomic E-state index is 0. The van der Waals surface area contributed by atoms with E-state index < -0.39 is 0 Å². The van der Waals surface area contributed by atoms with Crippen LogP contribution in [0.1, 0.15) is 30.5 Å². The summed E-state index contributed by atoms with van der Waals surface area (Å²) >= 11 is 3.53. The van der Waals surface area contributed by atoms with Crippen molar-refractivity contribution in [3.05, 3.63) is 0 Å². The minimum atomic E-state index is 0. The van der Waals surface area contributed by atoms with Gasteiger partial charge in [0.2, 0.25) is 0 Å². The molecular weight excluding hydrogens is 120 g/mol. The SMILES string of the molecule is CC.CC.CO.CS.[3HH].[3HH]. The van der Waals surface area contributed by atoms with Gasteiger partial charge in [0.1, 0.15) is 0 Å². The van der Waals surface area contributed by atoms with E-state index in [1.54, 1.807) is 6.26 Å². The molecule has 0 unspecified atom stereocenters. The molecule has 1 nitrogen and oxygen atoms in total. The lowest BCUT2D eigenvalue weighted by atomic mass is 11.0. The van der Waals surface area contributed by atoms with Gasteiger partial charge in [-0.15, -0.1) is 0 Å². The third-order valence-electron chi connectivity index (χ3n) is 0. The molecule has 8 heavy (non-hydrogen) atoms. The van der Waals surface area contributed by atoms with Crippen LogP contribution in [0.2, 0.25) is 0 Å². The maximum absolute atomic E-state index is 7.00. The second kappa shape index (κ2) is 3030. The standard InChI is InChI=1S/2C2H6.CH4O.CH4S.2H2/c4*1-2;;/h2*1-2H3;2*2H,1H3;2*1H/i;;;;2*1+2. The summed E-state index contributed by atoms with van der Waals surface area (Å²) in [5, 5.41) is 7.00. The second-order valence-electron chi connectivity index (χ2n) is 0. The van der Waals surface area contributed by atoms with Gasteiger partial charge < -0.3 is 5.11 Å². The topological polar surface area (TPSA) is 20.2 Å². The summed E-state index contributed by atoms with van der Waals surface area (Å²) < 4.78 is 0. The number of hydrogen-bond acceptors (Lipinski definition) is 2.